The number of piperazine rings is 1. The van der Waals surface area contributed by atoms with Crippen molar-refractivity contribution in [3.05, 3.63) is 33.8 Å². The number of hydrogen-bond donors (Lipinski definition) is 2. The Morgan fingerprint density at radius 3 is 2.48 bits per heavy atom. The third kappa shape index (κ3) is 8.26. The summed E-state index contributed by atoms with van der Waals surface area (Å²) in [6.07, 6.45) is 1.86. The van der Waals surface area contributed by atoms with E-state index in [0.29, 0.717) is 5.02 Å². The summed E-state index contributed by atoms with van der Waals surface area (Å²) in [6.45, 7) is 13.8. The molecule has 152 valence electrons. The van der Waals surface area contributed by atoms with Crippen LogP contribution in [-0.2, 0) is 6.42 Å². The molecule has 5 nitrogen and oxygen atoms in total. The number of hydrogen-bond acceptors (Lipinski definition) is 3. The third-order valence-electron chi connectivity index (χ3n) is 4.87. The Bertz CT molecular complexity index is 586. The predicted molar refractivity (Wildman–Crippen MR) is 117 cm³/mol. The van der Waals surface area contributed by atoms with Gasteiger partial charge in [-0.1, -0.05) is 36.2 Å². The summed E-state index contributed by atoms with van der Waals surface area (Å²) in [5.41, 5.74) is 1.13. The van der Waals surface area contributed by atoms with Crippen LogP contribution in [-0.4, -0.2) is 74.7 Å². The largest absolute Gasteiger partial charge is 0.357 e. The van der Waals surface area contributed by atoms with Crippen LogP contribution < -0.4 is 10.6 Å². The summed E-state index contributed by atoms with van der Waals surface area (Å²) < 4.78 is 0. The maximum absolute atomic E-state index is 6.23. The van der Waals surface area contributed by atoms with Gasteiger partial charge in [-0.15, -0.1) is 0 Å². The standard InChI is InChI=1S/C20H33Cl2N5/c1-3-23-20(25-10-11-27-14-12-26(4-2)13-15-27)24-9-5-6-17-7-8-18(21)16-19(17)22/h7-8,16H,3-6,9-15H2,1-2H3,(H2,23,24,25). The highest BCUT2D eigenvalue weighted by Crippen LogP contribution is 2.21. The van der Waals surface area contributed by atoms with Gasteiger partial charge in [0.2, 0.25) is 0 Å². The van der Waals surface area contributed by atoms with Crippen LogP contribution in [0.2, 0.25) is 10.0 Å². The minimum Gasteiger partial charge on any atom is -0.357 e. The van der Waals surface area contributed by atoms with E-state index in [1.165, 1.54) is 13.1 Å². The molecule has 1 heterocycles. The normalized spacial score (nSPS) is 16.5. The van der Waals surface area contributed by atoms with Crippen LogP contribution in [0.25, 0.3) is 0 Å². The third-order valence-corrected chi connectivity index (χ3v) is 5.45. The van der Waals surface area contributed by atoms with Gasteiger partial charge in [-0.3, -0.25) is 9.89 Å². The molecule has 1 aliphatic rings. The highest BCUT2D eigenvalue weighted by Gasteiger charge is 2.14. The first-order valence-electron chi connectivity index (χ1n) is 10.0. The van der Waals surface area contributed by atoms with E-state index < -0.39 is 0 Å². The average Bonchev–Trinajstić information content (AvgIpc) is 2.67. The zero-order chi connectivity index (χ0) is 19.5. The molecule has 1 aromatic rings. The first-order valence-corrected chi connectivity index (χ1v) is 10.8. The van der Waals surface area contributed by atoms with Gasteiger partial charge >= 0.3 is 0 Å². The smallest absolute Gasteiger partial charge is 0.191 e. The van der Waals surface area contributed by atoms with Gasteiger partial charge in [0, 0.05) is 62.4 Å². The number of nitrogens with one attached hydrogen (secondary N) is 2. The summed E-state index contributed by atoms with van der Waals surface area (Å²) in [4.78, 5) is 9.70. The molecule has 0 aliphatic carbocycles. The number of aliphatic imine (C=N–C) groups is 1. The molecule has 2 N–H and O–H groups in total. The van der Waals surface area contributed by atoms with Crippen LogP contribution in [0.5, 0.6) is 0 Å². The molecule has 0 radical (unpaired) electrons. The molecule has 0 atom stereocenters. The lowest BCUT2D eigenvalue weighted by atomic mass is 10.1. The number of halogens is 2. The fourth-order valence-corrected chi connectivity index (χ4v) is 3.69. The van der Waals surface area contributed by atoms with Crippen molar-refractivity contribution in [3.8, 4) is 0 Å². The van der Waals surface area contributed by atoms with Gasteiger partial charge in [-0.2, -0.15) is 0 Å². The van der Waals surface area contributed by atoms with Crippen molar-refractivity contribution in [2.75, 3.05) is 58.9 Å². The Morgan fingerprint density at radius 2 is 1.81 bits per heavy atom. The minimum atomic E-state index is 0.677. The molecule has 0 spiro atoms. The van der Waals surface area contributed by atoms with Crippen molar-refractivity contribution in [3.63, 3.8) is 0 Å². The van der Waals surface area contributed by atoms with Crippen LogP contribution in [0.1, 0.15) is 25.8 Å². The number of guanidine groups is 1. The molecule has 0 saturated carbocycles. The predicted octanol–water partition coefficient (Wildman–Crippen LogP) is 3.12. The topological polar surface area (TPSA) is 42.9 Å². The molecule has 0 aromatic heterocycles. The number of rotatable bonds is 9. The number of aryl methyl sites for hydroxylation is 1. The van der Waals surface area contributed by atoms with E-state index in [1.54, 1.807) is 6.07 Å². The Balaban J connectivity index is 1.69. The number of benzene rings is 1. The van der Waals surface area contributed by atoms with Crippen LogP contribution in [0.15, 0.2) is 23.2 Å². The highest BCUT2D eigenvalue weighted by atomic mass is 35.5. The fraction of sp³-hybridized carbons (Fsp3) is 0.650. The van der Waals surface area contributed by atoms with Crippen LogP contribution in [0.3, 0.4) is 0 Å². The monoisotopic (exact) mass is 413 g/mol. The maximum atomic E-state index is 6.23. The van der Waals surface area contributed by atoms with Crippen molar-refractivity contribution in [1.82, 2.24) is 20.4 Å². The quantitative estimate of drug-likeness (QED) is 0.370. The molecule has 0 amide bonds. The van der Waals surface area contributed by atoms with Gasteiger partial charge < -0.3 is 15.5 Å². The van der Waals surface area contributed by atoms with Crippen LogP contribution >= 0.6 is 23.2 Å². The first-order chi connectivity index (χ1) is 13.1. The Hall–Kier alpha value is -1.01. The van der Waals surface area contributed by atoms with Gasteiger partial charge in [-0.25, -0.2) is 0 Å². The molecule has 1 fully saturated rings. The van der Waals surface area contributed by atoms with E-state index in [-0.39, 0.29) is 0 Å². The van der Waals surface area contributed by atoms with Gasteiger partial charge in [0.15, 0.2) is 5.96 Å². The summed E-state index contributed by atoms with van der Waals surface area (Å²) >= 11 is 12.2. The van der Waals surface area contributed by atoms with Crippen molar-refractivity contribution < 1.29 is 0 Å². The molecular weight excluding hydrogens is 381 g/mol. The lowest BCUT2D eigenvalue weighted by molar-refractivity contribution is 0.139. The van der Waals surface area contributed by atoms with E-state index >= 15 is 0 Å². The molecule has 7 heteroatoms. The van der Waals surface area contributed by atoms with E-state index in [0.717, 1.165) is 75.2 Å². The summed E-state index contributed by atoms with van der Waals surface area (Å²) in [7, 11) is 0. The minimum absolute atomic E-state index is 0.677. The van der Waals surface area contributed by atoms with Crippen molar-refractivity contribution >= 4 is 29.2 Å². The zero-order valence-corrected chi connectivity index (χ0v) is 18.1. The van der Waals surface area contributed by atoms with Crippen LogP contribution in [0.4, 0.5) is 0 Å². The SMILES string of the molecule is CCNC(=NCCCc1ccc(Cl)cc1Cl)NCCN1CCN(CC)CC1. The maximum Gasteiger partial charge on any atom is 0.191 e. The summed E-state index contributed by atoms with van der Waals surface area (Å²) in [5.74, 6) is 0.895. The van der Waals surface area contributed by atoms with Gasteiger partial charge in [-0.05, 0) is 44.0 Å². The molecule has 1 aromatic carbocycles. The van der Waals surface area contributed by atoms with E-state index in [4.69, 9.17) is 23.2 Å². The van der Waals surface area contributed by atoms with Crippen molar-refractivity contribution in [2.45, 2.75) is 26.7 Å². The number of nitrogens with zero attached hydrogens (tertiary/aromatic N) is 3. The van der Waals surface area contributed by atoms with E-state index in [9.17, 15) is 0 Å². The fourth-order valence-electron chi connectivity index (χ4n) is 3.19. The van der Waals surface area contributed by atoms with Crippen molar-refractivity contribution in [2.24, 2.45) is 4.99 Å². The molecule has 1 aliphatic heterocycles. The average molecular weight is 414 g/mol. The van der Waals surface area contributed by atoms with Gasteiger partial charge in [0.05, 0.1) is 0 Å². The van der Waals surface area contributed by atoms with Crippen molar-refractivity contribution in [1.29, 1.82) is 0 Å². The molecule has 1 saturated heterocycles. The Kier molecular flexibility index (Phi) is 10.3. The second-order valence-corrected chi connectivity index (χ2v) is 7.65. The molecule has 0 bridgehead atoms. The lowest BCUT2D eigenvalue weighted by Crippen LogP contribution is -2.49. The zero-order valence-electron chi connectivity index (χ0n) is 16.6. The summed E-state index contributed by atoms with van der Waals surface area (Å²) in [5, 5.41) is 8.19. The number of likely N-dealkylation sites (N-methyl/N-ethyl adjacent to an activating group) is 1. The second kappa shape index (κ2) is 12.4. The molecular formula is C20H33Cl2N5. The van der Waals surface area contributed by atoms with E-state index in [2.05, 4.69) is 39.3 Å². The Morgan fingerprint density at radius 1 is 1.07 bits per heavy atom. The second-order valence-electron chi connectivity index (χ2n) is 6.80. The molecule has 0 unspecified atom stereocenters. The first kappa shape index (κ1) is 22.3. The van der Waals surface area contributed by atoms with Gasteiger partial charge in [0.1, 0.15) is 0 Å². The highest BCUT2D eigenvalue weighted by molar-refractivity contribution is 6.35. The molecule has 27 heavy (non-hydrogen) atoms. The molecule has 2 rings (SSSR count). The summed E-state index contributed by atoms with van der Waals surface area (Å²) in [6, 6.07) is 5.68. The van der Waals surface area contributed by atoms with Crippen LogP contribution in [0, 0.1) is 0 Å². The van der Waals surface area contributed by atoms with E-state index in [1.807, 2.05) is 12.1 Å². The lowest BCUT2D eigenvalue weighted by Gasteiger charge is -2.34. The Labute approximate surface area is 174 Å². The van der Waals surface area contributed by atoms with Gasteiger partial charge in [0.25, 0.3) is 0 Å².